The third-order valence-electron chi connectivity index (χ3n) is 2.69. The summed E-state index contributed by atoms with van der Waals surface area (Å²) >= 11 is 6.14. The first-order valence-corrected chi connectivity index (χ1v) is 7.51. The summed E-state index contributed by atoms with van der Waals surface area (Å²) in [7, 11) is 0. The van der Waals surface area contributed by atoms with Crippen molar-refractivity contribution in [2.24, 2.45) is 0 Å². The zero-order chi connectivity index (χ0) is 12.8. The molecule has 0 amide bonds. The van der Waals surface area contributed by atoms with Gasteiger partial charge in [0.1, 0.15) is 0 Å². The first kappa shape index (κ1) is 13.6. The number of nitrogens with zero attached hydrogens (tertiary/aromatic N) is 1. The second-order valence-electron chi connectivity index (χ2n) is 4.09. The molecule has 18 heavy (non-hydrogen) atoms. The van der Waals surface area contributed by atoms with E-state index in [1.807, 2.05) is 12.1 Å². The molecule has 0 atom stereocenters. The van der Waals surface area contributed by atoms with Crippen molar-refractivity contribution in [1.82, 2.24) is 4.90 Å². The Kier molecular flexibility index (Phi) is 5.22. The van der Waals surface area contributed by atoms with E-state index in [-0.39, 0.29) is 0 Å². The Hall–Kier alpha value is -0.851. The molecular formula is C15H14NSe2-. The Morgan fingerprint density at radius 1 is 0.833 bits per heavy atom. The van der Waals surface area contributed by atoms with Crippen LogP contribution < -0.4 is 0 Å². The van der Waals surface area contributed by atoms with Crippen molar-refractivity contribution in [3.63, 3.8) is 0 Å². The molecule has 0 heterocycles. The fraction of sp³-hybridized carbons (Fsp3) is 0.133. The standard InChI is InChI=1S/C15H15NSe2/c17-15(18)16(11-13-7-3-1-4-8-13)12-14-9-5-2-6-10-14/h1-10H,11-12H2,(H,17,18)/p-1. The number of hydrogen-bond donors (Lipinski definition) is 0. The molecule has 0 aliphatic heterocycles. The van der Waals surface area contributed by atoms with Crippen LogP contribution >= 0.6 is 0 Å². The van der Waals surface area contributed by atoms with Crippen molar-refractivity contribution in [3.05, 3.63) is 71.8 Å². The molecule has 3 heteroatoms. The minimum atomic E-state index is 0.908. The molecule has 0 unspecified atom stereocenters. The molecule has 0 saturated carbocycles. The minimum absolute atomic E-state index is 0.908. The van der Waals surface area contributed by atoms with E-state index < -0.39 is 0 Å². The Labute approximate surface area is 124 Å². The van der Waals surface area contributed by atoms with Crippen LogP contribution in [0.5, 0.6) is 0 Å². The fourth-order valence-corrected chi connectivity index (χ4v) is 2.33. The maximum absolute atomic E-state index is 3.07. The van der Waals surface area contributed by atoms with Crippen molar-refractivity contribution in [3.8, 4) is 0 Å². The third kappa shape index (κ3) is 4.11. The predicted octanol–water partition coefficient (Wildman–Crippen LogP) is 2.11. The Morgan fingerprint density at radius 3 is 1.56 bits per heavy atom. The van der Waals surface area contributed by atoms with Gasteiger partial charge in [-0.25, -0.2) is 0 Å². The fourth-order valence-electron chi connectivity index (χ4n) is 1.79. The third-order valence-corrected chi connectivity index (χ3v) is 3.77. The normalized spacial score (nSPS) is 10.0. The molecule has 0 aliphatic rings. The van der Waals surface area contributed by atoms with Crippen molar-refractivity contribution >= 4 is 35.0 Å². The molecule has 1 nitrogen and oxygen atoms in total. The monoisotopic (exact) mass is 368 g/mol. The van der Waals surface area contributed by atoms with Crippen LogP contribution in [0, 0.1) is 0 Å². The van der Waals surface area contributed by atoms with Crippen LogP contribution in [0.15, 0.2) is 60.7 Å². The zero-order valence-electron chi connectivity index (χ0n) is 9.95. The predicted molar refractivity (Wildman–Crippen MR) is 78.6 cm³/mol. The van der Waals surface area contributed by atoms with E-state index in [1.165, 1.54) is 11.1 Å². The van der Waals surface area contributed by atoms with E-state index in [1.54, 1.807) is 0 Å². The van der Waals surface area contributed by atoms with E-state index in [2.05, 4.69) is 85.0 Å². The number of rotatable bonds is 5. The van der Waals surface area contributed by atoms with Gasteiger partial charge in [0, 0.05) is 0 Å². The molecule has 2 aromatic rings. The van der Waals surface area contributed by atoms with Crippen LogP contribution in [0.4, 0.5) is 0 Å². The summed E-state index contributed by atoms with van der Waals surface area (Å²) in [6.45, 7) is 1.82. The van der Waals surface area contributed by atoms with Gasteiger partial charge in [-0.05, 0) is 0 Å². The van der Waals surface area contributed by atoms with Crippen LogP contribution in [0.1, 0.15) is 11.1 Å². The van der Waals surface area contributed by atoms with E-state index in [9.17, 15) is 0 Å². The topological polar surface area (TPSA) is 3.24 Å². The Morgan fingerprint density at radius 2 is 1.22 bits per heavy atom. The van der Waals surface area contributed by atoms with Crippen molar-refractivity contribution in [2.45, 2.75) is 13.1 Å². The molecule has 0 bridgehead atoms. The van der Waals surface area contributed by atoms with Gasteiger partial charge in [0.05, 0.1) is 0 Å². The molecule has 0 spiro atoms. The first-order valence-electron chi connectivity index (χ1n) is 5.79. The zero-order valence-corrected chi connectivity index (χ0v) is 13.4. The molecule has 92 valence electrons. The number of benzene rings is 2. The summed E-state index contributed by atoms with van der Waals surface area (Å²) in [5, 5.41) is 0. The molecule has 0 aliphatic carbocycles. The summed E-state index contributed by atoms with van der Waals surface area (Å²) in [5.41, 5.74) is 2.63. The van der Waals surface area contributed by atoms with Gasteiger partial charge in [0.15, 0.2) is 0 Å². The average Bonchev–Trinajstić information content (AvgIpc) is 2.40. The van der Waals surface area contributed by atoms with Crippen LogP contribution in [0.25, 0.3) is 0 Å². The molecule has 0 aromatic heterocycles. The number of hydrogen-bond acceptors (Lipinski definition) is 1. The van der Waals surface area contributed by atoms with Gasteiger partial charge in [-0.3, -0.25) is 0 Å². The molecule has 0 N–H and O–H groups in total. The maximum atomic E-state index is 3.07. The van der Waals surface area contributed by atoms with Gasteiger partial charge in [0.25, 0.3) is 0 Å². The van der Waals surface area contributed by atoms with Crippen LogP contribution in [0.2, 0.25) is 0 Å². The van der Waals surface area contributed by atoms with Gasteiger partial charge >= 0.3 is 125 Å². The second kappa shape index (κ2) is 6.92. The molecule has 0 radical (unpaired) electrons. The van der Waals surface area contributed by atoms with Gasteiger partial charge in [-0.2, -0.15) is 0 Å². The summed E-state index contributed by atoms with van der Waals surface area (Å²) in [5.74, 6) is 0. The van der Waals surface area contributed by atoms with E-state index in [0.29, 0.717) is 0 Å². The molecule has 0 saturated heterocycles. The summed E-state index contributed by atoms with van der Waals surface area (Å²) in [6.07, 6.45) is 0. The summed E-state index contributed by atoms with van der Waals surface area (Å²) < 4.78 is 1.10. The van der Waals surface area contributed by atoms with Crippen LogP contribution in [-0.2, 0) is 13.1 Å². The SMILES string of the molecule is [Se]=C([Se-])N(Cc1ccccc1)Cc1ccccc1. The quantitative estimate of drug-likeness (QED) is 0.733. The van der Waals surface area contributed by atoms with Gasteiger partial charge in [0.2, 0.25) is 0 Å². The van der Waals surface area contributed by atoms with Crippen LogP contribution in [0.3, 0.4) is 0 Å². The average molecular weight is 366 g/mol. The van der Waals surface area contributed by atoms with Crippen molar-refractivity contribution in [2.75, 3.05) is 0 Å². The Balaban J connectivity index is 2.08. The van der Waals surface area contributed by atoms with Crippen molar-refractivity contribution < 1.29 is 0 Å². The summed E-state index contributed by atoms with van der Waals surface area (Å²) in [6, 6.07) is 21.0. The molecule has 2 rings (SSSR count). The second-order valence-corrected chi connectivity index (χ2v) is 7.03. The summed E-state index contributed by atoms with van der Waals surface area (Å²) in [4.78, 5) is 2.30. The van der Waals surface area contributed by atoms with E-state index in [0.717, 1.165) is 16.5 Å². The van der Waals surface area contributed by atoms with E-state index in [4.69, 9.17) is 0 Å². The van der Waals surface area contributed by atoms with Crippen molar-refractivity contribution in [1.29, 1.82) is 0 Å². The Bertz CT molecular complexity index is 455. The molecular weight excluding hydrogens is 352 g/mol. The molecule has 2 aromatic carbocycles. The molecule has 0 fully saturated rings. The van der Waals surface area contributed by atoms with Gasteiger partial charge < -0.3 is 0 Å². The first-order chi connectivity index (χ1) is 8.75. The van der Waals surface area contributed by atoms with Gasteiger partial charge in [-0.15, -0.1) is 0 Å². The van der Waals surface area contributed by atoms with E-state index >= 15 is 0 Å². The van der Waals surface area contributed by atoms with Gasteiger partial charge in [-0.1, -0.05) is 0 Å². The van der Waals surface area contributed by atoms with Crippen LogP contribution in [-0.4, -0.2) is 39.9 Å².